The van der Waals surface area contributed by atoms with Crippen LogP contribution in [0.5, 0.6) is 0 Å². The minimum atomic E-state index is -0.810. The molecule has 2 aromatic heterocycles. The summed E-state index contributed by atoms with van der Waals surface area (Å²) in [5.41, 5.74) is 3.34. The van der Waals surface area contributed by atoms with Gasteiger partial charge in [-0.15, -0.1) is 0 Å². The van der Waals surface area contributed by atoms with Gasteiger partial charge >= 0.3 is 11.9 Å². The van der Waals surface area contributed by atoms with Crippen LogP contribution >= 0.6 is 0 Å². The third kappa shape index (κ3) is 6.96. The monoisotopic (exact) mass is 911 g/mol. The summed E-state index contributed by atoms with van der Waals surface area (Å²) in [6, 6.07) is 13.4. The Morgan fingerprint density at radius 1 is 0.806 bits per heavy atom. The number of nitrogens with one attached hydrogen (secondary N) is 1. The number of carbonyl (C=O) groups excluding carboxylic acids is 4. The van der Waals surface area contributed by atoms with Crippen molar-refractivity contribution in [2.75, 3.05) is 6.54 Å². The molecule has 0 radical (unpaired) electrons. The van der Waals surface area contributed by atoms with E-state index in [9.17, 15) is 14.4 Å². The summed E-state index contributed by atoms with van der Waals surface area (Å²) in [7, 11) is 0. The molecule has 11 atom stereocenters. The second-order valence-corrected chi connectivity index (χ2v) is 24.4. The number of amides is 1. The predicted molar refractivity (Wildman–Crippen MR) is 257 cm³/mol. The van der Waals surface area contributed by atoms with E-state index in [0.29, 0.717) is 31.2 Å². The lowest BCUT2D eigenvalue weighted by Gasteiger charge is -2.72. The van der Waals surface area contributed by atoms with Gasteiger partial charge in [0.15, 0.2) is 5.78 Å². The maximum Gasteiger partial charge on any atom is 0.310 e. The standard InChI is InChI=1S/C57H74N4O6/c1-34(2)47-41(62)31-57(51(65)61-28-14-18-40(61)49-59-33-39(60-49)36-17-13-27-58-32-36)26-25-55(8)37(48(47)57)19-20-43-54(7)23-22-44(53(5,6)42(54)21-24-56(43,55)9)67-50(64)38-30-45(52(38,3)4)66-46(63)29-35-15-11-10-12-16-35/h10-13,15-17,27,32-34,37-38,40,42-45H,14,18-26,28-31H2,1-9H3,(H,59,60)/t37-,38-,40+,42+,43-,44+,45-,54+,55-,56-,57-/m1/s1. The third-order valence-corrected chi connectivity index (χ3v) is 20.4. The number of nitrogens with zero attached hydrogens (tertiary/aromatic N) is 3. The molecular formula is C57H74N4O6. The fourth-order valence-corrected chi connectivity index (χ4v) is 16.5. The number of allylic oxidation sites excluding steroid dienone is 1. The Bertz CT molecular complexity index is 2480. The number of esters is 2. The Morgan fingerprint density at radius 2 is 1.58 bits per heavy atom. The first-order valence-electron chi connectivity index (χ1n) is 25.7. The molecule has 0 spiro atoms. The van der Waals surface area contributed by atoms with Crippen LogP contribution in [-0.2, 0) is 35.1 Å². The van der Waals surface area contributed by atoms with Gasteiger partial charge in [-0.2, -0.15) is 0 Å². The molecule has 1 amide bonds. The molecule has 3 aromatic rings. The number of Topliss-reactive ketones (excluding diaryl/α,β-unsaturated/α-hetero) is 1. The number of carbonyl (C=O) groups is 4. The van der Waals surface area contributed by atoms with Gasteiger partial charge in [-0.1, -0.05) is 92.6 Å². The molecule has 0 bridgehead atoms. The molecule has 0 unspecified atom stereocenters. The Balaban J connectivity index is 0.864. The van der Waals surface area contributed by atoms with Gasteiger partial charge in [0.2, 0.25) is 5.91 Å². The first-order valence-corrected chi connectivity index (χ1v) is 25.7. The van der Waals surface area contributed by atoms with Crippen molar-refractivity contribution in [3.05, 3.63) is 83.6 Å². The smallest absolute Gasteiger partial charge is 0.310 e. The highest BCUT2D eigenvalue weighted by molar-refractivity contribution is 6.07. The Hall–Kier alpha value is -4.60. The van der Waals surface area contributed by atoms with E-state index in [4.69, 9.17) is 14.5 Å². The lowest BCUT2D eigenvalue weighted by Crippen LogP contribution is -2.66. The number of hydrogen-bond donors (Lipinski definition) is 1. The van der Waals surface area contributed by atoms with Gasteiger partial charge in [0.05, 0.1) is 35.7 Å². The lowest BCUT2D eigenvalue weighted by atomic mass is 9.33. The third-order valence-electron chi connectivity index (χ3n) is 20.4. The van der Waals surface area contributed by atoms with Crippen molar-refractivity contribution in [2.45, 2.75) is 164 Å². The van der Waals surface area contributed by atoms with Crippen molar-refractivity contribution in [3.8, 4) is 11.3 Å². The molecule has 1 N–H and O–H groups in total. The van der Waals surface area contributed by atoms with Crippen LogP contribution in [0.2, 0.25) is 0 Å². The number of likely N-dealkylation sites (tertiary alicyclic amines) is 1. The fraction of sp³-hybridized carbons (Fsp3) is 0.649. The van der Waals surface area contributed by atoms with Gasteiger partial charge in [-0.05, 0) is 139 Å². The van der Waals surface area contributed by atoms with Crippen LogP contribution in [0.1, 0.15) is 157 Å². The van der Waals surface area contributed by atoms with Crippen molar-refractivity contribution in [2.24, 2.45) is 62.1 Å². The first-order chi connectivity index (χ1) is 31.8. The molecule has 7 aliphatic rings. The van der Waals surface area contributed by atoms with Crippen LogP contribution < -0.4 is 0 Å². The molecule has 10 rings (SSSR count). The number of fused-ring (bicyclic) bond motifs is 7. The summed E-state index contributed by atoms with van der Waals surface area (Å²) >= 11 is 0. The van der Waals surface area contributed by atoms with Crippen LogP contribution in [-0.4, -0.2) is 62.2 Å². The number of benzene rings is 1. The van der Waals surface area contributed by atoms with Crippen molar-refractivity contribution in [1.29, 1.82) is 0 Å². The van der Waals surface area contributed by atoms with Crippen LogP contribution in [0.3, 0.4) is 0 Å². The van der Waals surface area contributed by atoms with E-state index in [1.54, 1.807) is 6.20 Å². The zero-order valence-electron chi connectivity index (χ0n) is 41.6. The minimum Gasteiger partial charge on any atom is -0.462 e. The normalized spacial score (nSPS) is 37.2. The van der Waals surface area contributed by atoms with Crippen molar-refractivity contribution in [1.82, 2.24) is 19.9 Å². The van der Waals surface area contributed by atoms with Gasteiger partial charge < -0.3 is 19.4 Å². The number of hydrogen-bond acceptors (Lipinski definition) is 8. The van der Waals surface area contributed by atoms with E-state index in [1.807, 2.05) is 68.7 Å². The van der Waals surface area contributed by atoms with E-state index in [-0.39, 0.29) is 94.1 Å². The largest absolute Gasteiger partial charge is 0.462 e. The Morgan fingerprint density at radius 3 is 2.30 bits per heavy atom. The number of imidazole rings is 1. The van der Waals surface area contributed by atoms with Crippen LogP contribution in [0.15, 0.2) is 72.2 Å². The first kappa shape index (κ1) is 46.1. The molecule has 358 valence electrons. The number of pyridine rings is 1. The Labute approximate surface area is 398 Å². The summed E-state index contributed by atoms with van der Waals surface area (Å²) in [5.74, 6) is 1.44. The quantitative estimate of drug-likeness (QED) is 0.210. The van der Waals surface area contributed by atoms with Gasteiger partial charge in [-0.3, -0.25) is 24.2 Å². The summed E-state index contributed by atoms with van der Waals surface area (Å²) in [6.07, 6.45) is 15.3. The van der Waals surface area contributed by atoms with E-state index < -0.39 is 10.8 Å². The predicted octanol–water partition coefficient (Wildman–Crippen LogP) is 11.2. The van der Waals surface area contributed by atoms with E-state index in [0.717, 1.165) is 86.0 Å². The van der Waals surface area contributed by atoms with Crippen molar-refractivity contribution in [3.63, 3.8) is 0 Å². The minimum absolute atomic E-state index is 0.00660. The number of aromatic nitrogens is 3. The maximum absolute atomic E-state index is 15.6. The molecule has 6 aliphatic carbocycles. The Kier molecular flexibility index (Phi) is 11.2. The van der Waals surface area contributed by atoms with Crippen LogP contribution in [0.4, 0.5) is 0 Å². The number of rotatable bonds is 9. The SMILES string of the molecule is CC(C)C1=C2[C@H]3CC[C@@H]4[C@@]5(C)CC[C@H](OC(=O)[C@H]6C[C@@H](OC(=O)Cc7ccccc7)C6(C)C)C(C)(C)[C@@H]5CC[C@@]4(C)[C@]3(C)CC[C@@]2(C(=O)N2CCC[C@H]2c2ncc(-c3cccnc3)[nH]2)CC1=O. The molecule has 1 aliphatic heterocycles. The van der Waals surface area contributed by atoms with Crippen LogP contribution in [0.25, 0.3) is 11.3 Å². The second kappa shape index (κ2) is 16.3. The van der Waals surface area contributed by atoms with E-state index in [2.05, 4.69) is 63.3 Å². The molecule has 5 saturated carbocycles. The molecule has 3 heterocycles. The van der Waals surface area contributed by atoms with Crippen LogP contribution in [0, 0.1) is 62.1 Å². The number of aromatic amines is 1. The molecular weight excluding hydrogens is 837 g/mol. The summed E-state index contributed by atoms with van der Waals surface area (Å²) in [5, 5.41) is 0. The number of H-pyrrole nitrogens is 1. The van der Waals surface area contributed by atoms with Crippen molar-refractivity contribution >= 4 is 23.6 Å². The highest BCUT2D eigenvalue weighted by Gasteiger charge is 2.71. The van der Waals surface area contributed by atoms with E-state index >= 15 is 4.79 Å². The number of ketones is 1. The molecule has 1 saturated heterocycles. The molecule has 10 nitrogen and oxygen atoms in total. The lowest BCUT2D eigenvalue weighted by molar-refractivity contribution is -0.238. The average molecular weight is 911 g/mol. The zero-order chi connectivity index (χ0) is 47.5. The maximum atomic E-state index is 15.6. The van der Waals surface area contributed by atoms with Crippen molar-refractivity contribution < 1.29 is 28.7 Å². The molecule has 6 fully saturated rings. The van der Waals surface area contributed by atoms with Gasteiger partial charge in [-0.25, -0.2) is 4.98 Å². The highest BCUT2D eigenvalue weighted by atomic mass is 16.6. The average Bonchev–Trinajstić information content (AvgIpc) is 4.05. The van der Waals surface area contributed by atoms with E-state index in [1.165, 1.54) is 5.57 Å². The summed E-state index contributed by atoms with van der Waals surface area (Å²) in [4.78, 5) is 71.8. The fourth-order valence-electron chi connectivity index (χ4n) is 16.5. The van der Waals surface area contributed by atoms with Gasteiger partial charge in [0.25, 0.3) is 0 Å². The van der Waals surface area contributed by atoms with Gasteiger partial charge in [0.1, 0.15) is 18.0 Å². The summed E-state index contributed by atoms with van der Waals surface area (Å²) in [6.45, 7) is 21.4. The second-order valence-electron chi connectivity index (χ2n) is 24.4. The highest BCUT2D eigenvalue weighted by Crippen LogP contribution is 2.77. The molecule has 67 heavy (non-hydrogen) atoms. The topological polar surface area (TPSA) is 132 Å². The number of ether oxygens (including phenoxy) is 2. The van der Waals surface area contributed by atoms with Gasteiger partial charge in [0, 0.05) is 41.8 Å². The zero-order valence-corrected chi connectivity index (χ0v) is 41.6. The molecule has 10 heteroatoms. The molecule has 1 aromatic carbocycles. The summed E-state index contributed by atoms with van der Waals surface area (Å²) < 4.78 is 12.6.